The van der Waals surface area contributed by atoms with E-state index in [4.69, 9.17) is 0 Å². The number of aryl methyl sites for hydroxylation is 1. The smallest absolute Gasteiger partial charge is 0.417 e. The minimum absolute atomic E-state index is 0.108. The van der Waals surface area contributed by atoms with Gasteiger partial charge in [0, 0.05) is 13.1 Å². The Morgan fingerprint density at radius 3 is 2.52 bits per heavy atom. The number of hydrogen-bond donors (Lipinski definition) is 0. The molecular weight excluding hydrogens is 296 g/mol. The molecule has 112 valence electrons. The lowest BCUT2D eigenvalue weighted by Crippen LogP contribution is -2.62. The number of nitrogens with zero attached hydrogens (tertiary/aromatic N) is 2. The number of cyclic esters (lactones) is 1. The monoisotopic (exact) mass is 310 g/mol. The van der Waals surface area contributed by atoms with Crippen molar-refractivity contribution in [2.45, 2.75) is 17.9 Å². The normalized spacial score (nSPS) is 20.5. The Kier molecular flexibility index (Phi) is 3.22. The molecule has 2 saturated heterocycles. The van der Waals surface area contributed by atoms with Crippen LogP contribution in [0.15, 0.2) is 29.2 Å². The van der Waals surface area contributed by atoms with E-state index in [1.165, 1.54) is 10.4 Å². The Bertz CT molecular complexity index is 693. The molecule has 0 radical (unpaired) electrons. The molecule has 2 aliphatic heterocycles. The van der Waals surface area contributed by atoms with Crippen molar-refractivity contribution < 1.29 is 22.7 Å². The van der Waals surface area contributed by atoms with Crippen molar-refractivity contribution in [3.63, 3.8) is 0 Å². The van der Waals surface area contributed by atoms with Gasteiger partial charge < -0.3 is 4.74 Å². The Morgan fingerprint density at radius 1 is 1.24 bits per heavy atom. The molecule has 0 unspecified atom stereocenters. The summed E-state index contributed by atoms with van der Waals surface area (Å²) in [6.45, 7) is 1.77. The van der Waals surface area contributed by atoms with E-state index in [2.05, 4.69) is 4.74 Å². The van der Waals surface area contributed by atoms with Crippen molar-refractivity contribution >= 4 is 22.0 Å². The summed E-state index contributed by atoms with van der Waals surface area (Å²) in [4.78, 5) is 24.1. The fourth-order valence-corrected chi connectivity index (χ4v) is 4.04. The quantitative estimate of drug-likeness (QED) is 0.804. The molecule has 7 nitrogen and oxygen atoms in total. The minimum atomic E-state index is -3.58. The summed E-state index contributed by atoms with van der Waals surface area (Å²) in [5.74, 6) is -0.419. The first kappa shape index (κ1) is 14.0. The molecule has 3 rings (SSSR count). The van der Waals surface area contributed by atoms with Gasteiger partial charge >= 0.3 is 6.09 Å². The number of hydrogen-bond acceptors (Lipinski definition) is 5. The highest BCUT2D eigenvalue weighted by atomic mass is 32.2. The second-order valence-corrected chi connectivity index (χ2v) is 7.05. The average Bonchev–Trinajstić information content (AvgIpc) is 2.69. The number of carbonyl (C=O) groups is 2. The third-order valence-corrected chi connectivity index (χ3v) is 5.43. The third-order valence-electron chi connectivity index (χ3n) is 3.61. The Labute approximate surface area is 122 Å². The van der Waals surface area contributed by atoms with Crippen molar-refractivity contribution in [3.05, 3.63) is 29.8 Å². The van der Waals surface area contributed by atoms with Crippen LogP contribution in [0.25, 0.3) is 0 Å². The highest BCUT2D eigenvalue weighted by molar-refractivity contribution is 7.89. The van der Waals surface area contributed by atoms with E-state index in [1.807, 2.05) is 13.0 Å². The summed E-state index contributed by atoms with van der Waals surface area (Å²) in [7, 11) is -3.58. The average molecular weight is 310 g/mol. The Hall–Kier alpha value is -1.93. The fourth-order valence-electron chi connectivity index (χ4n) is 2.42. The standard InChI is InChI=1S/C13H14N2O5S/c1-9-3-2-4-11(5-9)21(18,19)14-6-10(7-14)15-12(16)8-20-13(15)17/h2-5,10H,6-8H2,1H3. The molecule has 2 fully saturated rings. The molecule has 0 aromatic heterocycles. The molecule has 8 heteroatoms. The lowest BCUT2D eigenvalue weighted by molar-refractivity contribution is -0.128. The fraction of sp³-hybridized carbons (Fsp3) is 0.385. The summed E-state index contributed by atoms with van der Waals surface area (Å²) in [6.07, 6.45) is -0.697. The maximum atomic E-state index is 12.4. The van der Waals surface area contributed by atoms with E-state index >= 15 is 0 Å². The molecule has 0 saturated carbocycles. The zero-order valence-corrected chi connectivity index (χ0v) is 12.2. The van der Waals surface area contributed by atoms with Crippen molar-refractivity contribution in [1.29, 1.82) is 0 Å². The van der Waals surface area contributed by atoms with E-state index in [-0.39, 0.29) is 24.6 Å². The Morgan fingerprint density at radius 2 is 1.95 bits per heavy atom. The number of ether oxygens (including phenoxy) is 1. The SMILES string of the molecule is Cc1cccc(S(=O)(=O)N2CC(N3C(=O)COC3=O)C2)c1. The zero-order valence-electron chi connectivity index (χ0n) is 11.4. The molecule has 2 aliphatic rings. The number of amides is 2. The van der Waals surface area contributed by atoms with Crippen LogP contribution in [0.1, 0.15) is 5.56 Å². The van der Waals surface area contributed by atoms with Crippen LogP contribution in [-0.4, -0.2) is 55.4 Å². The summed E-state index contributed by atoms with van der Waals surface area (Å²) in [5, 5.41) is 0. The molecule has 2 amide bonds. The molecule has 2 heterocycles. The molecule has 0 aliphatic carbocycles. The van der Waals surface area contributed by atoms with Crippen LogP contribution in [0.4, 0.5) is 4.79 Å². The molecule has 0 N–H and O–H groups in total. The molecule has 0 spiro atoms. The minimum Gasteiger partial charge on any atom is -0.439 e. The number of sulfonamides is 1. The Balaban J connectivity index is 1.74. The van der Waals surface area contributed by atoms with Gasteiger partial charge in [-0.1, -0.05) is 12.1 Å². The van der Waals surface area contributed by atoms with Crippen LogP contribution < -0.4 is 0 Å². The van der Waals surface area contributed by atoms with Gasteiger partial charge in [0.15, 0.2) is 6.61 Å². The summed E-state index contributed by atoms with van der Waals surface area (Å²) in [5.41, 5.74) is 0.853. The summed E-state index contributed by atoms with van der Waals surface area (Å²) in [6, 6.07) is 6.19. The van der Waals surface area contributed by atoms with Gasteiger partial charge in [-0.25, -0.2) is 18.1 Å². The van der Waals surface area contributed by atoms with E-state index < -0.39 is 28.1 Å². The predicted molar refractivity (Wildman–Crippen MR) is 71.9 cm³/mol. The van der Waals surface area contributed by atoms with Gasteiger partial charge in [0.1, 0.15) is 0 Å². The van der Waals surface area contributed by atoms with Gasteiger partial charge in [-0.3, -0.25) is 4.79 Å². The predicted octanol–water partition coefficient (Wildman–Crippen LogP) is 0.347. The van der Waals surface area contributed by atoms with E-state index in [0.29, 0.717) is 0 Å². The van der Waals surface area contributed by atoms with Crippen molar-refractivity contribution in [2.24, 2.45) is 0 Å². The van der Waals surface area contributed by atoms with Crippen LogP contribution in [0, 0.1) is 6.92 Å². The van der Waals surface area contributed by atoms with Gasteiger partial charge in [-0.2, -0.15) is 4.31 Å². The number of carbonyl (C=O) groups excluding carboxylic acids is 2. The molecule has 0 bridgehead atoms. The molecule has 1 aromatic carbocycles. The summed E-state index contributed by atoms with van der Waals surface area (Å²) < 4.78 is 30.7. The first-order chi connectivity index (χ1) is 9.89. The van der Waals surface area contributed by atoms with Crippen LogP contribution in [0.5, 0.6) is 0 Å². The van der Waals surface area contributed by atoms with Gasteiger partial charge in [0.25, 0.3) is 5.91 Å². The van der Waals surface area contributed by atoms with Crippen LogP contribution in [0.3, 0.4) is 0 Å². The molecule has 0 atom stereocenters. The first-order valence-corrected chi connectivity index (χ1v) is 7.89. The second-order valence-electron chi connectivity index (χ2n) is 5.11. The molecule has 1 aromatic rings. The van der Waals surface area contributed by atoms with Crippen molar-refractivity contribution in [2.75, 3.05) is 19.7 Å². The highest BCUT2D eigenvalue weighted by Crippen LogP contribution is 2.26. The topological polar surface area (TPSA) is 84.0 Å². The van der Waals surface area contributed by atoms with Crippen molar-refractivity contribution in [3.8, 4) is 0 Å². The molecular formula is C13H14N2O5S. The zero-order chi connectivity index (χ0) is 15.2. The number of rotatable bonds is 3. The van der Waals surface area contributed by atoms with Gasteiger partial charge in [0.05, 0.1) is 10.9 Å². The van der Waals surface area contributed by atoms with E-state index in [0.717, 1.165) is 10.5 Å². The van der Waals surface area contributed by atoms with Gasteiger partial charge in [-0.15, -0.1) is 0 Å². The molecule has 21 heavy (non-hydrogen) atoms. The third kappa shape index (κ3) is 2.30. The van der Waals surface area contributed by atoms with Crippen molar-refractivity contribution in [1.82, 2.24) is 9.21 Å². The van der Waals surface area contributed by atoms with Crippen LogP contribution in [0.2, 0.25) is 0 Å². The number of benzene rings is 1. The van der Waals surface area contributed by atoms with Gasteiger partial charge in [0.2, 0.25) is 10.0 Å². The summed E-state index contributed by atoms with van der Waals surface area (Å²) >= 11 is 0. The lowest BCUT2D eigenvalue weighted by Gasteiger charge is -2.40. The first-order valence-electron chi connectivity index (χ1n) is 6.45. The highest BCUT2D eigenvalue weighted by Gasteiger charge is 2.46. The maximum Gasteiger partial charge on any atom is 0.417 e. The van der Waals surface area contributed by atoms with Crippen LogP contribution >= 0.6 is 0 Å². The number of imide groups is 1. The second kappa shape index (κ2) is 4.81. The largest absolute Gasteiger partial charge is 0.439 e. The lowest BCUT2D eigenvalue weighted by atomic mass is 10.1. The van der Waals surface area contributed by atoms with E-state index in [9.17, 15) is 18.0 Å². The van der Waals surface area contributed by atoms with Crippen LogP contribution in [-0.2, 0) is 19.6 Å². The van der Waals surface area contributed by atoms with Gasteiger partial charge in [-0.05, 0) is 24.6 Å². The maximum absolute atomic E-state index is 12.4. The van der Waals surface area contributed by atoms with E-state index in [1.54, 1.807) is 12.1 Å².